The van der Waals surface area contributed by atoms with Crippen LogP contribution in [0.3, 0.4) is 0 Å². The topological polar surface area (TPSA) is 84.7 Å². The lowest BCUT2D eigenvalue weighted by molar-refractivity contribution is 0.246. The van der Waals surface area contributed by atoms with E-state index in [1.807, 2.05) is 17.7 Å². The summed E-state index contributed by atoms with van der Waals surface area (Å²) in [6, 6.07) is 8.07. The smallest absolute Gasteiger partial charge is 0.321 e. The van der Waals surface area contributed by atoms with Gasteiger partial charge in [0.05, 0.1) is 6.33 Å². The molecule has 0 bridgehead atoms. The molecule has 7 nitrogen and oxygen atoms in total. The number of benzene rings is 1. The van der Waals surface area contributed by atoms with Crippen molar-refractivity contribution in [1.29, 1.82) is 0 Å². The highest BCUT2D eigenvalue weighted by Gasteiger charge is 2.13. The Morgan fingerprint density at radius 3 is 2.77 bits per heavy atom. The van der Waals surface area contributed by atoms with Crippen molar-refractivity contribution in [3.63, 3.8) is 0 Å². The van der Waals surface area contributed by atoms with Crippen LogP contribution >= 0.6 is 11.3 Å². The molecule has 1 atom stereocenters. The monoisotopic (exact) mass is 370 g/mol. The number of aryl methyl sites for hydroxylation is 1. The van der Waals surface area contributed by atoms with Gasteiger partial charge in [0.15, 0.2) is 0 Å². The van der Waals surface area contributed by atoms with Gasteiger partial charge in [0.1, 0.15) is 5.01 Å². The zero-order valence-corrected chi connectivity index (χ0v) is 15.7. The van der Waals surface area contributed by atoms with Gasteiger partial charge in [-0.2, -0.15) is 0 Å². The number of carbonyl (C=O) groups excluding carboxylic acids is 1. The van der Waals surface area contributed by atoms with Gasteiger partial charge in [0, 0.05) is 31.4 Å². The summed E-state index contributed by atoms with van der Waals surface area (Å²) < 4.78 is 1.94. The van der Waals surface area contributed by atoms with Crippen molar-refractivity contribution >= 4 is 22.5 Å². The van der Waals surface area contributed by atoms with Crippen LogP contribution in [0.4, 0.5) is 9.93 Å². The van der Waals surface area contributed by atoms with E-state index in [1.54, 1.807) is 12.5 Å². The fourth-order valence-corrected chi connectivity index (χ4v) is 3.27. The van der Waals surface area contributed by atoms with Crippen LogP contribution in [0.15, 0.2) is 43.0 Å². The van der Waals surface area contributed by atoms with Gasteiger partial charge < -0.3 is 9.88 Å². The third kappa shape index (κ3) is 5.13. The fraction of sp³-hybridized carbons (Fsp3) is 0.333. The van der Waals surface area contributed by atoms with Crippen molar-refractivity contribution in [2.24, 2.45) is 0 Å². The molecule has 0 saturated heterocycles. The zero-order chi connectivity index (χ0) is 18.4. The second kappa shape index (κ2) is 8.57. The maximum Gasteiger partial charge on any atom is 0.321 e. The summed E-state index contributed by atoms with van der Waals surface area (Å²) in [7, 11) is 0. The van der Waals surface area contributed by atoms with Crippen LogP contribution in [0.25, 0.3) is 0 Å². The quantitative estimate of drug-likeness (QED) is 0.669. The van der Waals surface area contributed by atoms with Gasteiger partial charge in [-0.05, 0) is 18.9 Å². The van der Waals surface area contributed by atoms with E-state index in [9.17, 15) is 4.79 Å². The largest absolute Gasteiger partial charge is 0.335 e. The Balaban J connectivity index is 1.52. The first-order valence-electron chi connectivity index (χ1n) is 8.53. The molecule has 0 saturated carbocycles. The van der Waals surface area contributed by atoms with E-state index in [-0.39, 0.29) is 12.1 Å². The molecule has 2 heterocycles. The highest BCUT2D eigenvalue weighted by atomic mass is 32.1. The number of nitrogens with zero attached hydrogens (tertiary/aromatic N) is 4. The van der Waals surface area contributed by atoms with Crippen molar-refractivity contribution in [1.82, 2.24) is 25.1 Å². The van der Waals surface area contributed by atoms with Crippen LogP contribution in [-0.2, 0) is 13.0 Å². The third-order valence-corrected chi connectivity index (χ3v) is 4.82. The predicted octanol–water partition coefficient (Wildman–Crippen LogP) is 3.23. The summed E-state index contributed by atoms with van der Waals surface area (Å²) in [4.78, 5) is 16.2. The molecule has 0 aliphatic rings. The molecule has 0 aliphatic heterocycles. The van der Waals surface area contributed by atoms with E-state index in [2.05, 4.69) is 57.0 Å². The molecule has 2 aromatic heterocycles. The predicted molar refractivity (Wildman–Crippen MR) is 102 cm³/mol. The molecule has 2 N–H and O–H groups in total. The molecule has 1 unspecified atom stereocenters. The summed E-state index contributed by atoms with van der Waals surface area (Å²) in [5.41, 5.74) is 2.40. The average Bonchev–Trinajstić information content (AvgIpc) is 3.28. The molecule has 136 valence electrons. The second-order valence-electron chi connectivity index (χ2n) is 6.13. The molecule has 1 aromatic carbocycles. The number of rotatable bonds is 7. The maximum absolute atomic E-state index is 12.2. The van der Waals surface area contributed by atoms with Crippen LogP contribution in [-0.4, -0.2) is 31.8 Å². The zero-order valence-electron chi connectivity index (χ0n) is 14.8. The minimum absolute atomic E-state index is 0.0177. The summed E-state index contributed by atoms with van der Waals surface area (Å²) in [6.07, 6.45) is 6.87. The molecule has 0 aliphatic carbocycles. The third-order valence-electron chi connectivity index (χ3n) is 3.98. The second-order valence-corrected chi connectivity index (χ2v) is 7.19. The standard InChI is InChI=1S/C18H22N6OS/c1-3-15(11-24-9-8-19-12-24)20-17(25)21-18-23-22-16(26-18)10-14-6-4-13(2)5-7-14/h4-9,12,15H,3,10-11H2,1-2H3,(H2,20,21,23,25). The Morgan fingerprint density at radius 2 is 2.08 bits per heavy atom. The summed E-state index contributed by atoms with van der Waals surface area (Å²) >= 11 is 1.39. The van der Waals surface area contributed by atoms with Crippen LogP contribution in [0, 0.1) is 6.92 Å². The van der Waals surface area contributed by atoms with Crippen LogP contribution in [0.2, 0.25) is 0 Å². The number of imidazole rings is 1. The number of urea groups is 1. The van der Waals surface area contributed by atoms with Gasteiger partial charge in [0.25, 0.3) is 0 Å². The molecule has 3 aromatic rings. The van der Waals surface area contributed by atoms with Crippen LogP contribution in [0.1, 0.15) is 29.5 Å². The van der Waals surface area contributed by atoms with E-state index in [0.29, 0.717) is 18.1 Å². The number of nitrogens with one attached hydrogen (secondary N) is 2. The lowest BCUT2D eigenvalue weighted by Crippen LogP contribution is -2.40. The number of amides is 2. The van der Waals surface area contributed by atoms with Gasteiger partial charge in [-0.1, -0.05) is 48.1 Å². The lowest BCUT2D eigenvalue weighted by atomic mass is 10.1. The first-order chi connectivity index (χ1) is 12.6. The van der Waals surface area contributed by atoms with Gasteiger partial charge in [0.2, 0.25) is 5.13 Å². The minimum atomic E-state index is -0.269. The number of hydrogen-bond acceptors (Lipinski definition) is 5. The maximum atomic E-state index is 12.2. The Labute approximate surface area is 156 Å². The summed E-state index contributed by atoms with van der Waals surface area (Å²) in [5.74, 6) is 0. The molecule has 8 heteroatoms. The molecule has 0 radical (unpaired) electrons. The van der Waals surface area contributed by atoms with E-state index in [1.165, 1.54) is 22.5 Å². The van der Waals surface area contributed by atoms with E-state index >= 15 is 0 Å². The number of carbonyl (C=O) groups is 1. The van der Waals surface area contributed by atoms with E-state index < -0.39 is 0 Å². The molecule has 26 heavy (non-hydrogen) atoms. The van der Waals surface area contributed by atoms with Gasteiger partial charge in [-0.25, -0.2) is 9.78 Å². The Kier molecular flexibility index (Phi) is 5.96. The van der Waals surface area contributed by atoms with Crippen molar-refractivity contribution < 1.29 is 4.79 Å². The molecule has 2 amide bonds. The number of aromatic nitrogens is 4. The molecular formula is C18H22N6OS. The lowest BCUT2D eigenvalue weighted by Gasteiger charge is -2.17. The summed E-state index contributed by atoms with van der Waals surface area (Å²) in [5, 5.41) is 15.3. The van der Waals surface area contributed by atoms with Crippen LogP contribution in [0.5, 0.6) is 0 Å². The molecule has 3 rings (SSSR count). The SMILES string of the molecule is CCC(Cn1ccnc1)NC(=O)Nc1nnc(Cc2ccc(C)cc2)s1. The summed E-state index contributed by atoms with van der Waals surface area (Å²) in [6.45, 7) is 4.77. The normalized spacial score (nSPS) is 11.9. The first-order valence-corrected chi connectivity index (χ1v) is 9.35. The van der Waals surface area contributed by atoms with Crippen molar-refractivity contribution in [2.45, 2.75) is 39.3 Å². The van der Waals surface area contributed by atoms with Gasteiger partial charge in [-0.3, -0.25) is 5.32 Å². The van der Waals surface area contributed by atoms with Crippen molar-refractivity contribution in [3.05, 3.63) is 59.1 Å². The Morgan fingerprint density at radius 1 is 1.27 bits per heavy atom. The average molecular weight is 370 g/mol. The Hall–Kier alpha value is -2.74. The molecule has 0 spiro atoms. The highest BCUT2D eigenvalue weighted by Crippen LogP contribution is 2.18. The molecule has 0 fully saturated rings. The molecular weight excluding hydrogens is 348 g/mol. The van der Waals surface area contributed by atoms with Gasteiger partial charge in [-0.15, -0.1) is 10.2 Å². The van der Waals surface area contributed by atoms with Crippen molar-refractivity contribution in [3.8, 4) is 0 Å². The van der Waals surface area contributed by atoms with Crippen LogP contribution < -0.4 is 10.6 Å². The minimum Gasteiger partial charge on any atom is -0.335 e. The Bertz CT molecular complexity index is 828. The fourth-order valence-electron chi connectivity index (χ4n) is 2.50. The first kappa shape index (κ1) is 18.1. The highest BCUT2D eigenvalue weighted by molar-refractivity contribution is 7.15. The van der Waals surface area contributed by atoms with Gasteiger partial charge >= 0.3 is 6.03 Å². The van der Waals surface area contributed by atoms with E-state index in [4.69, 9.17) is 0 Å². The number of hydrogen-bond donors (Lipinski definition) is 2. The van der Waals surface area contributed by atoms with E-state index in [0.717, 1.165) is 11.4 Å². The van der Waals surface area contributed by atoms with Crippen molar-refractivity contribution in [2.75, 3.05) is 5.32 Å². The number of anilines is 1.